The van der Waals surface area contributed by atoms with Crippen molar-refractivity contribution in [2.75, 3.05) is 13.1 Å². The van der Waals surface area contributed by atoms with Gasteiger partial charge in [-0.2, -0.15) is 0 Å². The topological polar surface area (TPSA) is 24.1 Å². The molecule has 0 saturated carbocycles. The quantitative estimate of drug-likeness (QED) is 0.439. The molecule has 1 saturated heterocycles. The first-order chi connectivity index (χ1) is 3.39. The van der Waals surface area contributed by atoms with Crippen molar-refractivity contribution >= 4 is 20.2 Å². The summed E-state index contributed by atoms with van der Waals surface area (Å²) in [7, 11) is 0. The van der Waals surface area contributed by atoms with Crippen molar-refractivity contribution in [1.29, 1.82) is 0 Å². The molecule has 2 nitrogen and oxygen atoms in total. The second-order valence-corrected chi connectivity index (χ2v) is 2.39. The Morgan fingerprint density at radius 3 is 2.14 bits per heavy atom. The Hall–Kier alpha value is -0.0105. The molecule has 1 fully saturated rings. The average Bonchev–Trinajstić information content (AvgIpc) is 1.69. The monoisotopic (exact) mass is 164 g/mol. The van der Waals surface area contributed by atoms with E-state index in [1.165, 1.54) is 6.42 Å². The van der Waals surface area contributed by atoms with Gasteiger partial charge in [0, 0.05) is 0 Å². The van der Waals surface area contributed by atoms with E-state index in [2.05, 4.69) is 26.2 Å². The van der Waals surface area contributed by atoms with Crippen LogP contribution in [0.5, 0.6) is 0 Å². The van der Waals surface area contributed by atoms with Crippen molar-refractivity contribution in [2.45, 2.75) is 6.42 Å². The zero-order valence-electron chi connectivity index (χ0n) is 4.03. The van der Waals surface area contributed by atoms with Crippen LogP contribution in [0.3, 0.4) is 0 Å². The predicted molar refractivity (Wildman–Crippen MR) is 31.4 cm³/mol. The Bertz CT molecular complexity index is 73.8. The van der Waals surface area contributed by atoms with Crippen LogP contribution in [-0.2, 0) is 0 Å². The summed E-state index contributed by atoms with van der Waals surface area (Å²) in [5, 5.41) is 6.26. The van der Waals surface area contributed by atoms with E-state index in [1.54, 1.807) is 0 Å². The van der Waals surface area contributed by atoms with Crippen LogP contribution >= 0.6 is 0 Å². The fourth-order valence-corrected chi connectivity index (χ4v) is 0.983. The maximum atomic E-state index is 3.13. The molecule has 1 heterocycles. The molecule has 0 amide bonds. The van der Waals surface area contributed by atoms with Gasteiger partial charge in [-0.1, -0.05) is 0 Å². The molecule has 0 aromatic heterocycles. The summed E-state index contributed by atoms with van der Waals surface area (Å²) < 4.78 is 1.09. The summed E-state index contributed by atoms with van der Waals surface area (Å²) in [5.41, 5.74) is 0. The van der Waals surface area contributed by atoms with E-state index in [-0.39, 0.29) is 0 Å². The Balaban J connectivity index is 2.25. The summed E-state index contributed by atoms with van der Waals surface area (Å²) >= 11 is 2.87. The van der Waals surface area contributed by atoms with Crippen molar-refractivity contribution < 1.29 is 0 Å². The van der Waals surface area contributed by atoms with Gasteiger partial charge in [-0.25, -0.2) is 0 Å². The zero-order valence-corrected chi connectivity index (χ0v) is 5.74. The standard InChI is InChI=1S/C4H8N2Se/c7-4-5-2-1-3-6-4/h1-3H2,(H2,5,6,7). The minimum absolute atomic E-state index is 1.09. The normalized spacial score (nSPS) is 20.3. The zero-order chi connectivity index (χ0) is 5.11. The van der Waals surface area contributed by atoms with Gasteiger partial charge in [0.05, 0.1) is 0 Å². The first kappa shape index (κ1) is 5.13. The van der Waals surface area contributed by atoms with Gasteiger partial charge in [0.25, 0.3) is 0 Å². The van der Waals surface area contributed by atoms with Gasteiger partial charge in [-0.15, -0.1) is 0 Å². The number of hydrogen-bond donors (Lipinski definition) is 2. The van der Waals surface area contributed by atoms with Gasteiger partial charge in [0.15, 0.2) is 0 Å². The molecule has 7 heavy (non-hydrogen) atoms. The van der Waals surface area contributed by atoms with Gasteiger partial charge in [0.1, 0.15) is 0 Å². The molecule has 1 aliphatic heterocycles. The molecule has 2 N–H and O–H groups in total. The van der Waals surface area contributed by atoms with Crippen LogP contribution in [0.4, 0.5) is 0 Å². The Morgan fingerprint density at radius 1 is 1.29 bits per heavy atom. The van der Waals surface area contributed by atoms with Gasteiger partial charge in [-0.3, -0.25) is 0 Å². The van der Waals surface area contributed by atoms with E-state index >= 15 is 0 Å². The van der Waals surface area contributed by atoms with E-state index in [1.807, 2.05) is 0 Å². The third-order valence-corrected chi connectivity index (χ3v) is 1.53. The summed E-state index contributed by atoms with van der Waals surface area (Å²) in [6, 6.07) is 0. The van der Waals surface area contributed by atoms with Crippen molar-refractivity contribution in [3.63, 3.8) is 0 Å². The van der Waals surface area contributed by atoms with Gasteiger partial charge in [0.2, 0.25) is 0 Å². The molecule has 1 aliphatic rings. The second-order valence-electron chi connectivity index (χ2n) is 1.54. The molecular weight excluding hydrogens is 155 g/mol. The molecule has 0 unspecified atom stereocenters. The van der Waals surface area contributed by atoms with E-state index in [0.29, 0.717) is 0 Å². The molecule has 0 aliphatic carbocycles. The SMILES string of the molecule is [Se]=C1NCCCN1. The van der Waals surface area contributed by atoms with Gasteiger partial charge >= 0.3 is 50.4 Å². The Kier molecular flexibility index (Phi) is 1.71. The minimum atomic E-state index is 1.09. The molecule has 1 rings (SSSR count). The van der Waals surface area contributed by atoms with Crippen molar-refractivity contribution in [1.82, 2.24) is 10.6 Å². The second kappa shape index (κ2) is 2.34. The van der Waals surface area contributed by atoms with Crippen LogP contribution < -0.4 is 10.6 Å². The number of rotatable bonds is 0. The first-order valence-electron chi connectivity index (χ1n) is 2.41. The fourth-order valence-electron chi connectivity index (χ4n) is 0.555. The number of hydrogen-bond acceptors (Lipinski definition) is 2. The molecule has 0 aromatic rings. The molecule has 0 spiro atoms. The van der Waals surface area contributed by atoms with Crippen LogP contribution in [0.2, 0.25) is 0 Å². The van der Waals surface area contributed by atoms with Crippen LogP contribution in [0.1, 0.15) is 6.42 Å². The van der Waals surface area contributed by atoms with E-state index in [4.69, 9.17) is 0 Å². The Labute approximate surface area is 51.0 Å². The van der Waals surface area contributed by atoms with Crippen LogP contribution in [0, 0.1) is 0 Å². The van der Waals surface area contributed by atoms with E-state index in [9.17, 15) is 0 Å². The molecule has 40 valence electrons. The molecule has 3 heteroatoms. The summed E-state index contributed by atoms with van der Waals surface area (Å²) in [4.78, 5) is 0. The van der Waals surface area contributed by atoms with Crippen molar-refractivity contribution in [3.05, 3.63) is 0 Å². The van der Waals surface area contributed by atoms with Crippen LogP contribution in [-0.4, -0.2) is 33.3 Å². The summed E-state index contributed by atoms with van der Waals surface area (Å²) in [6.45, 7) is 2.21. The third-order valence-electron chi connectivity index (χ3n) is 0.925. The van der Waals surface area contributed by atoms with Crippen LogP contribution in [0.15, 0.2) is 0 Å². The molecule has 0 atom stereocenters. The van der Waals surface area contributed by atoms with Crippen molar-refractivity contribution in [3.8, 4) is 0 Å². The molecule has 0 aromatic carbocycles. The van der Waals surface area contributed by atoms with Crippen LogP contribution in [0.25, 0.3) is 0 Å². The number of nitrogens with one attached hydrogen (secondary N) is 2. The summed E-state index contributed by atoms with van der Waals surface area (Å²) in [6.07, 6.45) is 1.23. The molecule has 0 bridgehead atoms. The van der Waals surface area contributed by atoms with Gasteiger partial charge in [-0.05, 0) is 0 Å². The molecule has 0 radical (unpaired) electrons. The van der Waals surface area contributed by atoms with E-state index in [0.717, 1.165) is 17.8 Å². The maximum absolute atomic E-state index is 3.13. The fraction of sp³-hybridized carbons (Fsp3) is 0.750. The predicted octanol–water partition coefficient (Wildman–Crippen LogP) is -1.17. The first-order valence-corrected chi connectivity index (χ1v) is 3.27. The van der Waals surface area contributed by atoms with Gasteiger partial charge < -0.3 is 0 Å². The van der Waals surface area contributed by atoms with Crippen molar-refractivity contribution in [2.24, 2.45) is 0 Å². The van der Waals surface area contributed by atoms with E-state index < -0.39 is 0 Å². The average molecular weight is 163 g/mol. The third kappa shape index (κ3) is 1.49. The Morgan fingerprint density at radius 2 is 1.86 bits per heavy atom. The molecular formula is C4H8N2Se. The summed E-state index contributed by atoms with van der Waals surface area (Å²) in [5.74, 6) is 0.